The summed E-state index contributed by atoms with van der Waals surface area (Å²) < 4.78 is 0. The Morgan fingerprint density at radius 3 is 2.48 bits per heavy atom. The van der Waals surface area contributed by atoms with Crippen LogP contribution in [0.2, 0.25) is 5.02 Å². The van der Waals surface area contributed by atoms with E-state index in [1.165, 1.54) is 0 Å². The Kier molecular flexibility index (Phi) is 6.81. The zero-order chi connectivity index (χ0) is 18.6. The zero-order valence-electron chi connectivity index (χ0n) is 14.8. The van der Waals surface area contributed by atoms with Gasteiger partial charge in [-0.15, -0.1) is 0 Å². The van der Waals surface area contributed by atoms with Gasteiger partial charge in [0, 0.05) is 23.4 Å². The fourth-order valence-corrected chi connectivity index (χ4v) is 3.27. The highest BCUT2D eigenvalue weighted by Crippen LogP contribution is 2.31. The maximum absolute atomic E-state index is 12.5. The molecule has 1 aliphatic rings. The molecule has 2 rings (SSSR count). The monoisotopic (exact) mass is 367 g/mol. The Balaban J connectivity index is 2.06. The molecule has 0 bridgehead atoms. The van der Waals surface area contributed by atoms with Gasteiger partial charge in [-0.2, -0.15) is 0 Å². The number of carbonyl (C=O) groups excluding carboxylic acids is 1. The highest BCUT2D eigenvalue weighted by atomic mass is 35.5. The molecule has 6 nitrogen and oxygen atoms in total. The average molecular weight is 368 g/mol. The minimum Gasteiger partial charge on any atom is -0.480 e. The molecular formula is C18H26ClN3O3. The van der Waals surface area contributed by atoms with Crippen molar-refractivity contribution < 1.29 is 14.7 Å². The van der Waals surface area contributed by atoms with Crippen molar-refractivity contribution in [2.45, 2.75) is 51.7 Å². The molecule has 138 valence electrons. The highest BCUT2D eigenvalue weighted by Gasteiger charge is 2.36. The molecule has 0 aromatic heterocycles. The van der Waals surface area contributed by atoms with Crippen LogP contribution in [0.3, 0.4) is 0 Å². The largest absolute Gasteiger partial charge is 0.480 e. The van der Waals surface area contributed by atoms with Gasteiger partial charge in [-0.05, 0) is 30.5 Å². The molecule has 3 unspecified atom stereocenters. The third-order valence-electron chi connectivity index (χ3n) is 4.98. The summed E-state index contributed by atoms with van der Waals surface area (Å²) in [6.07, 6.45) is 0.933. The van der Waals surface area contributed by atoms with Gasteiger partial charge in [0.25, 0.3) is 0 Å². The number of nitrogens with one attached hydrogen (secondary N) is 3. The fourth-order valence-electron chi connectivity index (χ4n) is 3.15. The molecule has 1 fully saturated rings. The van der Waals surface area contributed by atoms with Crippen LogP contribution in [0.5, 0.6) is 0 Å². The summed E-state index contributed by atoms with van der Waals surface area (Å²) in [7, 11) is 0. The molecule has 25 heavy (non-hydrogen) atoms. The first-order valence-electron chi connectivity index (χ1n) is 8.62. The van der Waals surface area contributed by atoms with Gasteiger partial charge in [-0.1, -0.05) is 44.0 Å². The van der Waals surface area contributed by atoms with E-state index in [9.17, 15) is 14.7 Å². The molecule has 5 atom stereocenters. The van der Waals surface area contributed by atoms with Gasteiger partial charge >= 0.3 is 5.97 Å². The van der Waals surface area contributed by atoms with Crippen LogP contribution in [0.15, 0.2) is 24.3 Å². The normalized spacial score (nSPS) is 25.4. The van der Waals surface area contributed by atoms with Gasteiger partial charge in [0.15, 0.2) is 0 Å². The summed E-state index contributed by atoms with van der Waals surface area (Å²) in [6.45, 7) is 5.75. The SMILES string of the molecule is CC[C@@H](C)[C@H](NC(=O)CC1C(C)NNC1c1ccc(Cl)cc1)C(=O)O. The topological polar surface area (TPSA) is 90.5 Å². The van der Waals surface area contributed by atoms with Gasteiger partial charge in [-0.25, -0.2) is 10.2 Å². The lowest BCUT2D eigenvalue weighted by atomic mass is 9.87. The van der Waals surface area contributed by atoms with E-state index < -0.39 is 12.0 Å². The number of halogens is 1. The minimum absolute atomic E-state index is 0.00699. The summed E-state index contributed by atoms with van der Waals surface area (Å²) >= 11 is 5.94. The van der Waals surface area contributed by atoms with Crippen molar-refractivity contribution in [2.75, 3.05) is 0 Å². The van der Waals surface area contributed by atoms with Crippen LogP contribution in [0.1, 0.15) is 45.2 Å². The third kappa shape index (κ3) is 4.93. The van der Waals surface area contributed by atoms with E-state index in [0.29, 0.717) is 11.4 Å². The number of carboxylic acids is 1. The predicted octanol–water partition coefficient (Wildman–Crippen LogP) is 2.50. The summed E-state index contributed by atoms with van der Waals surface area (Å²) in [6, 6.07) is 6.70. The quantitative estimate of drug-likeness (QED) is 0.594. The molecule has 1 aliphatic heterocycles. The first-order valence-corrected chi connectivity index (χ1v) is 9.00. The van der Waals surface area contributed by atoms with Gasteiger partial charge in [0.2, 0.25) is 5.91 Å². The molecule has 0 saturated carbocycles. The second-order valence-corrected chi connectivity index (χ2v) is 7.18. The molecule has 7 heteroatoms. The average Bonchev–Trinajstić information content (AvgIpc) is 2.93. The first-order chi connectivity index (χ1) is 11.8. The summed E-state index contributed by atoms with van der Waals surface area (Å²) in [5.41, 5.74) is 7.42. The van der Waals surface area contributed by atoms with E-state index in [2.05, 4.69) is 16.2 Å². The van der Waals surface area contributed by atoms with Crippen molar-refractivity contribution in [3.8, 4) is 0 Å². The van der Waals surface area contributed by atoms with Crippen molar-refractivity contribution in [1.29, 1.82) is 0 Å². The lowest BCUT2D eigenvalue weighted by Crippen LogP contribution is -2.46. The van der Waals surface area contributed by atoms with Crippen LogP contribution >= 0.6 is 11.6 Å². The lowest BCUT2D eigenvalue weighted by molar-refractivity contribution is -0.143. The highest BCUT2D eigenvalue weighted by molar-refractivity contribution is 6.30. The van der Waals surface area contributed by atoms with Gasteiger partial charge in [0.05, 0.1) is 6.04 Å². The molecule has 1 aromatic rings. The van der Waals surface area contributed by atoms with Crippen LogP contribution in [-0.2, 0) is 9.59 Å². The molecule has 4 N–H and O–H groups in total. The number of rotatable bonds is 7. The molecule has 1 aromatic carbocycles. The maximum Gasteiger partial charge on any atom is 0.326 e. The number of hydrogen-bond donors (Lipinski definition) is 4. The van der Waals surface area contributed by atoms with Crippen molar-refractivity contribution in [2.24, 2.45) is 11.8 Å². The molecule has 0 radical (unpaired) electrons. The lowest BCUT2D eigenvalue weighted by Gasteiger charge is -2.24. The second-order valence-electron chi connectivity index (χ2n) is 6.74. The van der Waals surface area contributed by atoms with Crippen molar-refractivity contribution in [3.63, 3.8) is 0 Å². The van der Waals surface area contributed by atoms with E-state index >= 15 is 0 Å². The summed E-state index contributed by atoms with van der Waals surface area (Å²) in [5, 5.41) is 12.7. The van der Waals surface area contributed by atoms with E-state index in [4.69, 9.17) is 11.6 Å². The molecule has 0 spiro atoms. The third-order valence-corrected chi connectivity index (χ3v) is 5.23. The van der Waals surface area contributed by atoms with Crippen LogP contribution in [-0.4, -0.2) is 29.1 Å². The molecule has 1 saturated heterocycles. The molecule has 0 aliphatic carbocycles. The summed E-state index contributed by atoms with van der Waals surface area (Å²) in [4.78, 5) is 23.9. The van der Waals surface area contributed by atoms with E-state index in [1.54, 1.807) is 0 Å². The number of benzene rings is 1. The Bertz CT molecular complexity index is 608. The van der Waals surface area contributed by atoms with Crippen LogP contribution in [0, 0.1) is 11.8 Å². The Morgan fingerprint density at radius 1 is 1.28 bits per heavy atom. The van der Waals surface area contributed by atoms with E-state index in [-0.39, 0.29) is 36.2 Å². The van der Waals surface area contributed by atoms with Gasteiger partial charge in [-0.3, -0.25) is 10.2 Å². The van der Waals surface area contributed by atoms with E-state index in [0.717, 1.165) is 5.56 Å². The fraction of sp³-hybridized carbons (Fsp3) is 0.556. The second kappa shape index (κ2) is 8.65. The van der Waals surface area contributed by atoms with Crippen molar-refractivity contribution in [3.05, 3.63) is 34.9 Å². The Hall–Kier alpha value is -1.63. The number of carbonyl (C=O) groups is 2. The minimum atomic E-state index is -0.993. The number of amides is 1. The zero-order valence-corrected chi connectivity index (χ0v) is 15.5. The maximum atomic E-state index is 12.5. The van der Waals surface area contributed by atoms with Gasteiger partial charge < -0.3 is 10.4 Å². The van der Waals surface area contributed by atoms with Crippen LogP contribution in [0.4, 0.5) is 0 Å². The summed E-state index contributed by atoms with van der Waals surface area (Å²) in [5.74, 6) is -1.35. The number of hydrazine groups is 1. The smallest absolute Gasteiger partial charge is 0.326 e. The number of aliphatic carboxylic acids is 1. The van der Waals surface area contributed by atoms with Crippen molar-refractivity contribution in [1.82, 2.24) is 16.2 Å². The predicted molar refractivity (Wildman–Crippen MR) is 97.1 cm³/mol. The standard InChI is InChI=1S/C18H26ClN3O3/c1-4-10(2)16(18(24)25)20-15(23)9-14-11(3)21-22-17(14)12-5-7-13(19)8-6-12/h5-8,10-11,14,16-17,21-22H,4,9H2,1-3H3,(H,20,23)(H,24,25)/t10-,11?,14?,16+,17?/m1/s1. The Labute approximate surface area is 153 Å². The molecular weight excluding hydrogens is 342 g/mol. The number of hydrogen-bond acceptors (Lipinski definition) is 4. The molecule has 1 heterocycles. The first kappa shape index (κ1) is 19.7. The van der Waals surface area contributed by atoms with E-state index in [1.807, 2.05) is 45.0 Å². The molecule has 1 amide bonds. The van der Waals surface area contributed by atoms with Gasteiger partial charge in [0.1, 0.15) is 6.04 Å². The van der Waals surface area contributed by atoms with Crippen LogP contribution in [0.25, 0.3) is 0 Å². The van der Waals surface area contributed by atoms with Crippen molar-refractivity contribution >= 4 is 23.5 Å². The number of carboxylic acid groups (broad SMARTS) is 1. The van der Waals surface area contributed by atoms with Crippen LogP contribution < -0.4 is 16.2 Å². The Morgan fingerprint density at radius 2 is 1.92 bits per heavy atom.